The Morgan fingerprint density at radius 1 is 1.27 bits per heavy atom. The van der Waals surface area contributed by atoms with Crippen molar-refractivity contribution in [3.05, 3.63) is 41.9 Å². The molecule has 3 rings (SSSR count). The smallest absolute Gasteiger partial charge is 0.220 e. The van der Waals surface area contributed by atoms with E-state index < -0.39 is 10.0 Å². The van der Waals surface area contributed by atoms with Crippen molar-refractivity contribution in [3.63, 3.8) is 0 Å². The predicted molar refractivity (Wildman–Crippen MR) is 112 cm³/mol. The summed E-state index contributed by atoms with van der Waals surface area (Å²) in [5, 5.41) is 7.00. The molecule has 30 heavy (non-hydrogen) atoms. The highest BCUT2D eigenvalue weighted by atomic mass is 32.2. The molecule has 10 nitrogen and oxygen atoms in total. The van der Waals surface area contributed by atoms with Gasteiger partial charge in [0.2, 0.25) is 15.9 Å². The van der Waals surface area contributed by atoms with E-state index in [0.717, 1.165) is 11.5 Å². The second kappa shape index (κ2) is 9.90. The molecule has 0 aromatic carbocycles. The zero-order valence-corrected chi connectivity index (χ0v) is 18.3. The fourth-order valence-corrected chi connectivity index (χ4v) is 4.53. The van der Waals surface area contributed by atoms with Crippen LogP contribution in [-0.2, 0) is 22.3 Å². The van der Waals surface area contributed by atoms with Crippen LogP contribution in [0.1, 0.15) is 25.1 Å². The summed E-state index contributed by atoms with van der Waals surface area (Å²) in [5.41, 5.74) is 1.41. The number of rotatable bonds is 7. The van der Waals surface area contributed by atoms with E-state index in [2.05, 4.69) is 20.4 Å². The summed E-state index contributed by atoms with van der Waals surface area (Å²) in [4.78, 5) is 10.7. The van der Waals surface area contributed by atoms with Crippen molar-refractivity contribution < 1.29 is 17.7 Å². The van der Waals surface area contributed by atoms with Crippen LogP contribution in [0.5, 0.6) is 5.88 Å². The summed E-state index contributed by atoms with van der Waals surface area (Å²) >= 11 is 0. The molecule has 0 atom stereocenters. The molecule has 11 heteroatoms. The van der Waals surface area contributed by atoms with Gasteiger partial charge in [-0.2, -0.15) is 4.31 Å². The number of ether oxygens (including phenoxy) is 1. The summed E-state index contributed by atoms with van der Waals surface area (Å²) in [5.74, 6) is 1.17. The van der Waals surface area contributed by atoms with Gasteiger partial charge in [-0.15, -0.1) is 0 Å². The van der Waals surface area contributed by atoms with Crippen LogP contribution in [0.2, 0.25) is 0 Å². The quantitative estimate of drug-likeness (QED) is 0.507. The van der Waals surface area contributed by atoms with Crippen molar-refractivity contribution in [2.75, 3.05) is 33.2 Å². The second-order valence-electron chi connectivity index (χ2n) is 7.21. The van der Waals surface area contributed by atoms with Gasteiger partial charge >= 0.3 is 0 Å². The Labute approximate surface area is 177 Å². The van der Waals surface area contributed by atoms with E-state index >= 15 is 0 Å². The molecule has 0 unspecified atom stereocenters. The van der Waals surface area contributed by atoms with E-state index in [0.29, 0.717) is 44.3 Å². The lowest BCUT2D eigenvalue weighted by atomic mass is 10.3. The van der Waals surface area contributed by atoms with Crippen LogP contribution in [0.15, 0.2) is 40.2 Å². The van der Waals surface area contributed by atoms with Crippen molar-refractivity contribution >= 4 is 16.0 Å². The van der Waals surface area contributed by atoms with E-state index in [9.17, 15) is 8.42 Å². The summed E-state index contributed by atoms with van der Waals surface area (Å²) in [6, 6.07) is 5.37. The highest BCUT2D eigenvalue weighted by Gasteiger charge is 2.28. The summed E-state index contributed by atoms with van der Waals surface area (Å²) in [6.45, 7) is 6.37. The zero-order chi connectivity index (χ0) is 21.6. The SMILES string of the molecule is CN=C(NCc1ccc(OC(C)C)nc1)N1CCN(S(=O)(=O)Cc2ccon2)CC1. The maximum absolute atomic E-state index is 12.6. The molecular weight excluding hydrogens is 408 g/mol. The van der Waals surface area contributed by atoms with Crippen LogP contribution < -0.4 is 10.1 Å². The van der Waals surface area contributed by atoms with Gasteiger partial charge in [-0.3, -0.25) is 4.99 Å². The zero-order valence-electron chi connectivity index (χ0n) is 17.5. The Balaban J connectivity index is 1.50. The first-order valence-corrected chi connectivity index (χ1v) is 11.4. The molecule has 0 aliphatic carbocycles. The standard InChI is InChI=1S/C19H28N6O4S/c1-15(2)29-18-5-4-16(12-21-18)13-22-19(20-3)24-7-9-25(10-8-24)30(26,27)14-17-6-11-28-23-17/h4-6,11-12,15H,7-10,13-14H2,1-3H3,(H,20,22). The average molecular weight is 437 g/mol. The van der Waals surface area contributed by atoms with E-state index in [1.54, 1.807) is 19.3 Å². The van der Waals surface area contributed by atoms with Crippen LogP contribution in [-0.4, -0.2) is 73.1 Å². The first-order chi connectivity index (χ1) is 14.4. The number of pyridine rings is 1. The first kappa shape index (κ1) is 22.0. The topological polar surface area (TPSA) is 113 Å². The van der Waals surface area contributed by atoms with Gasteiger partial charge in [0, 0.05) is 58.1 Å². The first-order valence-electron chi connectivity index (χ1n) is 9.81. The predicted octanol–water partition coefficient (Wildman–Crippen LogP) is 1.08. The number of nitrogens with zero attached hydrogens (tertiary/aromatic N) is 5. The normalized spacial score (nSPS) is 16.1. The number of aliphatic imine (C=N–C) groups is 1. The fourth-order valence-electron chi connectivity index (χ4n) is 3.11. The minimum absolute atomic E-state index is 0.0822. The number of piperazine rings is 1. The number of aromatic nitrogens is 2. The van der Waals surface area contributed by atoms with E-state index in [4.69, 9.17) is 9.26 Å². The number of hydrogen-bond acceptors (Lipinski definition) is 7. The third-order valence-corrected chi connectivity index (χ3v) is 6.38. The Morgan fingerprint density at radius 2 is 2.03 bits per heavy atom. The van der Waals surface area contributed by atoms with Gasteiger partial charge in [-0.05, 0) is 19.4 Å². The van der Waals surface area contributed by atoms with Crippen LogP contribution in [0.25, 0.3) is 0 Å². The Hall–Kier alpha value is -2.66. The maximum Gasteiger partial charge on any atom is 0.220 e. The highest BCUT2D eigenvalue weighted by Crippen LogP contribution is 2.13. The van der Waals surface area contributed by atoms with E-state index in [1.807, 2.05) is 30.9 Å². The summed E-state index contributed by atoms with van der Waals surface area (Å²) in [6.07, 6.45) is 3.23. The van der Waals surface area contributed by atoms with Gasteiger partial charge < -0.3 is 19.5 Å². The largest absolute Gasteiger partial charge is 0.475 e. The molecule has 1 aliphatic rings. The van der Waals surface area contributed by atoms with Gasteiger partial charge in [0.15, 0.2) is 5.96 Å². The fraction of sp³-hybridized carbons (Fsp3) is 0.526. The van der Waals surface area contributed by atoms with Gasteiger partial charge in [0.1, 0.15) is 12.0 Å². The molecule has 0 bridgehead atoms. The molecule has 2 aromatic rings. The monoisotopic (exact) mass is 436 g/mol. The van der Waals surface area contributed by atoms with Crippen LogP contribution in [0.3, 0.4) is 0 Å². The van der Waals surface area contributed by atoms with Gasteiger partial charge in [-0.25, -0.2) is 13.4 Å². The van der Waals surface area contributed by atoms with Crippen molar-refractivity contribution in [3.8, 4) is 5.88 Å². The molecule has 0 spiro atoms. The highest BCUT2D eigenvalue weighted by molar-refractivity contribution is 7.88. The van der Waals surface area contributed by atoms with Crippen molar-refractivity contribution in [1.29, 1.82) is 0 Å². The lowest BCUT2D eigenvalue weighted by Gasteiger charge is -2.35. The number of nitrogens with one attached hydrogen (secondary N) is 1. The maximum atomic E-state index is 12.6. The van der Waals surface area contributed by atoms with Gasteiger partial charge in [0.05, 0.1) is 11.8 Å². The number of sulfonamides is 1. The minimum atomic E-state index is -3.43. The van der Waals surface area contributed by atoms with Gasteiger partial charge in [-0.1, -0.05) is 11.2 Å². The van der Waals surface area contributed by atoms with Crippen molar-refractivity contribution in [2.45, 2.75) is 32.2 Å². The molecule has 1 aliphatic heterocycles. The van der Waals surface area contributed by atoms with Crippen LogP contribution >= 0.6 is 0 Å². The average Bonchev–Trinajstić information content (AvgIpc) is 3.22. The minimum Gasteiger partial charge on any atom is -0.475 e. The molecule has 3 heterocycles. The van der Waals surface area contributed by atoms with Crippen LogP contribution in [0, 0.1) is 0 Å². The molecule has 1 N–H and O–H groups in total. The summed E-state index contributed by atoms with van der Waals surface area (Å²) < 4.78 is 36.9. The van der Waals surface area contributed by atoms with Gasteiger partial charge in [0.25, 0.3) is 0 Å². The molecule has 1 fully saturated rings. The number of guanidine groups is 1. The molecule has 0 radical (unpaired) electrons. The molecule has 2 aromatic heterocycles. The summed E-state index contributed by atoms with van der Waals surface area (Å²) in [7, 11) is -1.71. The molecule has 0 amide bonds. The Morgan fingerprint density at radius 3 is 2.60 bits per heavy atom. The molecule has 164 valence electrons. The lowest BCUT2D eigenvalue weighted by molar-refractivity contribution is 0.232. The van der Waals surface area contributed by atoms with Crippen LogP contribution in [0.4, 0.5) is 0 Å². The lowest BCUT2D eigenvalue weighted by Crippen LogP contribution is -2.53. The van der Waals surface area contributed by atoms with Crippen molar-refractivity contribution in [1.82, 2.24) is 24.7 Å². The molecule has 0 saturated carbocycles. The third kappa shape index (κ3) is 5.92. The molecule has 1 saturated heterocycles. The van der Waals surface area contributed by atoms with Crippen molar-refractivity contribution in [2.24, 2.45) is 4.99 Å². The Kier molecular flexibility index (Phi) is 7.27. The Bertz CT molecular complexity index is 920. The van der Waals surface area contributed by atoms with E-state index in [1.165, 1.54) is 10.6 Å². The van der Waals surface area contributed by atoms with E-state index in [-0.39, 0.29) is 11.9 Å². The second-order valence-corrected chi connectivity index (χ2v) is 9.17. The third-order valence-electron chi connectivity index (χ3n) is 4.57. The number of hydrogen-bond donors (Lipinski definition) is 1. The molecular formula is C19H28N6O4S.